The average molecular weight is 443 g/mol. The zero-order valence-corrected chi connectivity index (χ0v) is 19.4. The first-order chi connectivity index (χ1) is 14.2. The van der Waals surface area contributed by atoms with Crippen molar-refractivity contribution in [1.82, 2.24) is 10.2 Å². The summed E-state index contributed by atoms with van der Waals surface area (Å²) >= 11 is 4.01. The molecule has 0 aliphatic heterocycles. The van der Waals surface area contributed by atoms with Gasteiger partial charge < -0.3 is 15.5 Å². The number of hydrogen-bond acceptors (Lipinski definition) is 6. The first-order valence-corrected chi connectivity index (χ1v) is 11.2. The second-order valence-corrected chi connectivity index (χ2v) is 8.33. The molecule has 0 bridgehead atoms. The van der Waals surface area contributed by atoms with Crippen LogP contribution in [-0.4, -0.2) is 64.4 Å². The molecule has 0 heterocycles. The van der Waals surface area contributed by atoms with E-state index < -0.39 is 29.9 Å². The highest BCUT2D eigenvalue weighted by Gasteiger charge is 2.37. The summed E-state index contributed by atoms with van der Waals surface area (Å²) in [5.41, 5.74) is 1.84. The molecule has 0 rings (SSSR count). The molecule has 0 radical (unpaired) electrons. The Bertz CT molecular complexity index is 600. The van der Waals surface area contributed by atoms with Crippen LogP contribution in [0.25, 0.3) is 0 Å². The molecule has 0 aliphatic carbocycles. The number of aliphatic hydroxyl groups is 2. The second kappa shape index (κ2) is 16.1. The SMILES string of the molecule is CCCCCCC=C=CCC(=O)N(CCC(=O)NCCS)C(=O)[C@@H](O)C(C)(C)CO. The van der Waals surface area contributed by atoms with Crippen molar-refractivity contribution in [2.75, 3.05) is 25.4 Å². The van der Waals surface area contributed by atoms with Crippen LogP contribution >= 0.6 is 12.6 Å². The Hall–Kier alpha value is -1.60. The van der Waals surface area contributed by atoms with Gasteiger partial charge in [-0.25, -0.2) is 0 Å². The maximum Gasteiger partial charge on any atom is 0.258 e. The van der Waals surface area contributed by atoms with Crippen molar-refractivity contribution in [2.24, 2.45) is 5.41 Å². The number of hydrogen-bond donors (Lipinski definition) is 4. The topological polar surface area (TPSA) is 107 Å². The summed E-state index contributed by atoms with van der Waals surface area (Å²) in [6.45, 7) is 5.01. The molecule has 8 heteroatoms. The van der Waals surface area contributed by atoms with Crippen LogP contribution in [0.3, 0.4) is 0 Å². The predicted octanol–water partition coefficient (Wildman–Crippen LogP) is 2.23. The van der Waals surface area contributed by atoms with Gasteiger partial charge in [-0.2, -0.15) is 12.6 Å². The Morgan fingerprint density at radius 2 is 1.90 bits per heavy atom. The lowest BCUT2D eigenvalue weighted by Crippen LogP contribution is -2.50. The maximum absolute atomic E-state index is 12.7. The predicted molar refractivity (Wildman–Crippen MR) is 121 cm³/mol. The van der Waals surface area contributed by atoms with Gasteiger partial charge in [0.25, 0.3) is 5.91 Å². The normalized spacial score (nSPS) is 11.9. The first kappa shape index (κ1) is 28.4. The van der Waals surface area contributed by atoms with Crippen LogP contribution < -0.4 is 5.32 Å². The molecule has 0 aromatic heterocycles. The molecule has 0 saturated heterocycles. The van der Waals surface area contributed by atoms with Crippen molar-refractivity contribution >= 4 is 30.4 Å². The molecule has 0 fully saturated rings. The minimum atomic E-state index is -1.56. The zero-order valence-electron chi connectivity index (χ0n) is 18.5. The van der Waals surface area contributed by atoms with Crippen LogP contribution in [-0.2, 0) is 14.4 Å². The molecule has 0 aromatic rings. The lowest BCUT2D eigenvalue weighted by molar-refractivity contribution is -0.156. The number of carbonyl (C=O) groups is 3. The van der Waals surface area contributed by atoms with Gasteiger partial charge in [0, 0.05) is 30.7 Å². The molecular formula is C22H38N2O5S. The molecule has 30 heavy (non-hydrogen) atoms. The molecule has 0 spiro atoms. The molecule has 3 N–H and O–H groups in total. The van der Waals surface area contributed by atoms with E-state index in [0.717, 1.165) is 24.2 Å². The third-order valence-electron chi connectivity index (χ3n) is 4.66. The Kier molecular flexibility index (Phi) is 15.3. The maximum atomic E-state index is 12.7. The molecular weight excluding hydrogens is 404 g/mol. The van der Waals surface area contributed by atoms with E-state index in [1.165, 1.54) is 26.7 Å². The summed E-state index contributed by atoms with van der Waals surface area (Å²) in [6, 6.07) is 0. The molecule has 0 aromatic carbocycles. The van der Waals surface area contributed by atoms with Gasteiger partial charge in [-0.15, -0.1) is 5.73 Å². The Labute approximate surface area is 186 Å². The van der Waals surface area contributed by atoms with E-state index in [1.54, 1.807) is 6.08 Å². The van der Waals surface area contributed by atoms with E-state index in [-0.39, 0.29) is 25.3 Å². The zero-order chi connectivity index (χ0) is 23.0. The Morgan fingerprint density at radius 3 is 2.50 bits per heavy atom. The van der Waals surface area contributed by atoms with Gasteiger partial charge in [-0.3, -0.25) is 19.3 Å². The van der Waals surface area contributed by atoms with Crippen molar-refractivity contribution in [2.45, 2.75) is 71.8 Å². The summed E-state index contributed by atoms with van der Waals surface area (Å²) in [7, 11) is 0. The fourth-order valence-corrected chi connectivity index (χ4v) is 2.63. The number of unbranched alkanes of at least 4 members (excludes halogenated alkanes) is 4. The van der Waals surface area contributed by atoms with Crippen molar-refractivity contribution in [3.05, 3.63) is 17.9 Å². The smallest absolute Gasteiger partial charge is 0.258 e. The number of nitrogens with one attached hydrogen (secondary N) is 1. The molecule has 3 amide bonds. The second-order valence-electron chi connectivity index (χ2n) is 7.88. The molecule has 172 valence electrons. The van der Waals surface area contributed by atoms with Gasteiger partial charge in [0.2, 0.25) is 11.8 Å². The summed E-state index contributed by atoms with van der Waals surface area (Å²) in [4.78, 5) is 38.1. The third-order valence-corrected chi connectivity index (χ3v) is 4.88. The lowest BCUT2D eigenvalue weighted by atomic mass is 9.86. The largest absolute Gasteiger partial charge is 0.396 e. The number of amides is 3. The van der Waals surface area contributed by atoms with Crippen molar-refractivity contribution < 1.29 is 24.6 Å². The highest BCUT2D eigenvalue weighted by atomic mass is 32.1. The van der Waals surface area contributed by atoms with Crippen LogP contribution in [0.1, 0.15) is 65.7 Å². The number of rotatable bonds is 15. The summed E-state index contributed by atoms with van der Waals surface area (Å²) in [5, 5.41) is 22.4. The van der Waals surface area contributed by atoms with E-state index in [2.05, 4.69) is 30.6 Å². The van der Waals surface area contributed by atoms with Crippen LogP contribution in [0.2, 0.25) is 0 Å². The third kappa shape index (κ3) is 11.6. The van der Waals surface area contributed by atoms with Gasteiger partial charge in [-0.05, 0) is 25.0 Å². The van der Waals surface area contributed by atoms with E-state index >= 15 is 0 Å². The first-order valence-electron chi connectivity index (χ1n) is 10.6. The highest BCUT2D eigenvalue weighted by Crippen LogP contribution is 2.22. The lowest BCUT2D eigenvalue weighted by Gasteiger charge is -2.31. The molecule has 0 unspecified atom stereocenters. The van der Waals surface area contributed by atoms with Crippen molar-refractivity contribution in [1.29, 1.82) is 0 Å². The molecule has 1 atom stereocenters. The van der Waals surface area contributed by atoms with Crippen LogP contribution in [0.5, 0.6) is 0 Å². The van der Waals surface area contributed by atoms with E-state index in [0.29, 0.717) is 12.3 Å². The Balaban J connectivity index is 5.04. The summed E-state index contributed by atoms with van der Waals surface area (Å²) in [5.74, 6) is -1.18. The number of thiol groups is 1. The minimum absolute atomic E-state index is 0.0677. The van der Waals surface area contributed by atoms with Gasteiger partial charge in [-0.1, -0.05) is 40.0 Å². The quantitative estimate of drug-likeness (QED) is 0.177. The Morgan fingerprint density at radius 1 is 1.20 bits per heavy atom. The van der Waals surface area contributed by atoms with Crippen LogP contribution in [0.15, 0.2) is 17.9 Å². The van der Waals surface area contributed by atoms with Gasteiger partial charge in [0.15, 0.2) is 0 Å². The van der Waals surface area contributed by atoms with Gasteiger partial charge in [0.1, 0.15) is 6.10 Å². The molecule has 0 aliphatic rings. The summed E-state index contributed by atoms with van der Waals surface area (Å²) in [6.07, 6.45) is 7.17. The number of carbonyl (C=O) groups excluding carboxylic acids is 3. The van der Waals surface area contributed by atoms with Crippen molar-refractivity contribution in [3.8, 4) is 0 Å². The fourth-order valence-electron chi connectivity index (χ4n) is 2.52. The highest BCUT2D eigenvalue weighted by molar-refractivity contribution is 7.80. The van der Waals surface area contributed by atoms with Gasteiger partial charge >= 0.3 is 0 Å². The number of nitrogens with zero attached hydrogens (tertiary/aromatic N) is 1. The van der Waals surface area contributed by atoms with Crippen LogP contribution in [0.4, 0.5) is 0 Å². The van der Waals surface area contributed by atoms with E-state index in [9.17, 15) is 24.6 Å². The minimum Gasteiger partial charge on any atom is -0.396 e. The molecule has 7 nitrogen and oxygen atoms in total. The van der Waals surface area contributed by atoms with Crippen molar-refractivity contribution in [3.63, 3.8) is 0 Å². The monoisotopic (exact) mass is 442 g/mol. The molecule has 0 saturated carbocycles. The van der Waals surface area contributed by atoms with E-state index in [4.69, 9.17) is 0 Å². The average Bonchev–Trinajstić information content (AvgIpc) is 2.73. The number of aliphatic hydroxyl groups excluding tert-OH is 2. The van der Waals surface area contributed by atoms with Gasteiger partial charge in [0.05, 0.1) is 13.0 Å². The standard InChI is InChI=1S/C22H38N2O5S/c1-4-5-6-7-8-9-10-11-12-19(27)24(15-13-18(26)23-14-16-30)21(29)20(28)22(2,3)17-25/h9,11,20,25,28,30H,4-8,12-17H2,1-3H3,(H,23,26)/t10?,20-/m1/s1. The van der Waals surface area contributed by atoms with Crippen LogP contribution in [0, 0.1) is 5.41 Å². The number of imide groups is 1. The fraction of sp³-hybridized carbons (Fsp3) is 0.727. The summed E-state index contributed by atoms with van der Waals surface area (Å²) < 4.78 is 0. The van der Waals surface area contributed by atoms with E-state index in [1.807, 2.05) is 6.08 Å².